The van der Waals surface area contributed by atoms with Gasteiger partial charge in [-0.25, -0.2) is 4.79 Å². The monoisotopic (exact) mass is 893 g/mol. The number of fused-ring (bicyclic) bond motifs is 2. The van der Waals surface area contributed by atoms with Gasteiger partial charge in [-0.15, -0.1) is 0 Å². The maximum Gasteiger partial charge on any atom is 0.407 e. The fraction of sp³-hybridized carbons (Fsp3) is 0.826. The van der Waals surface area contributed by atoms with Crippen LogP contribution in [0.1, 0.15) is 101 Å². The highest BCUT2D eigenvalue weighted by Crippen LogP contribution is 2.45. The van der Waals surface area contributed by atoms with E-state index in [2.05, 4.69) is 15.6 Å². The molecular weight excluding hydrogens is 817 g/mol. The topological polar surface area (TPSA) is 206 Å². The van der Waals surface area contributed by atoms with Crippen LogP contribution in [0.5, 0.6) is 0 Å². The number of Topliss-reactive ketones (excluding diaryl/α,β-unsaturated/α-hetero) is 1. The Morgan fingerprint density at radius 2 is 1.70 bits per heavy atom. The number of nitrogens with zero attached hydrogens (tertiary/aromatic N) is 2. The zero-order valence-electron chi connectivity index (χ0n) is 39.7. The number of esters is 1. The summed E-state index contributed by atoms with van der Waals surface area (Å²) in [6.45, 7) is 19.2. The van der Waals surface area contributed by atoms with Crippen molar-refractivity contribution in [2.24, 2.45) is 23.7 Å². The zero-order valence-corrected chi connectivity index (χ0v) is 39.7. The molecule has 5 rings (SSSR count). The maximum absolute atomic E-state index is 14.5. The third kappa shape index (κ3) is 11.6. The van der Waals surface area contributed by atoms with Gasteiger partial charge in [-0.05, 0) is 93.0 Å². The first-order chi connectivity index (χ1) is 29.6. The minimum atomic E-state index is -1.65. The van der Waals surface area contributed by atoms with Gasteiger partial charge in [0, 0.05) is 57.2 Å². The van der Waals surface area contributed by atoms with Gasteiger partial charge in [0.05, 0.1) is 47.7 Å². The van der Waals surface area contributed by atoms with Crippen LogP contribution in [-0.2, 0) is 54.0 Å². The van der Waals surface area contributed by atoms with Crippen molar-refractivity contribution in [1.82, 2.24) is 20.5 Å². The van der Waals surface area contributed by atoms with Crippen molar-refractivity contribution < 1.29 is 62.5 Å². The third-order valence-electron chi connectivity index (χ3n) is 13.9. The molecule has 1 aromatic rings. The van der Waals surface area contributed by atoms with Crippen molar-refractivity contribution in [2.45, 2.75) is 186 Å². The Morgan fingerprint density at radius 3 is 2.33 bits per heavy atom. The Balaban J connectivity index is 1.42. The summed E-state index contributed by atoms with van der Waals surface area (Å²) in [5, 5.41) is 30.4. The van der Waals surface area contributed by atoms with Crippen molar-refractivity contribution in [3.63, 3.8) is 0 Å². The molecule has 0 aromatic carbocycles. The summed E-state index contributed by atoms with van der Waals surface area (Å²) in [6, 6.07) is 5.38. The Morgan fingerprint density at radius 1 is 0.984 bits per heavy atom. The number of amides is 1. The summed E-state index contributed by atoms with van der Waals surface area (Å²) in [5.41, 5.74) is -3.28. The summed E-state index contributed by atoms with van der Waals surface area (Å²) in [6.07, 6.45) is -6.54. The number of methoxy groups -OCH3 is 1. The van der Waals surface area contributed by atoms with Crippen LogP contribution in [0, 0.1) is 23.7 Å². The number of hydrogen-bond donors (Lipinski definition) is 4. The van der Waals surface area contributed by atoms with Crippen molar-refractivity contribution in [3.8, 4) is 0 Å². The van der Waals surface area contributed by atoms with E-state index in [0.717, 1.165) is 5.69 Å². The quantitative estimate of drug-likeness (QED) is 0.164. The van der Waals surface area contributed by atoms with Gasteiger partial charge in [-0.1, -0.05) is 33.8 Å². The molecule has 0 aliphatic carbocycles. The van der Waals surface area contributed by atoms with E-state index in [9.17, 15) is 24.6 Å². The van der Waals surface area contributed by atoms with Crippen LogP contribution in [0.2, 0.25) is 0 Å². The Kier molecular flexibility index (Phi) is 17.2. The van der Waals surface area contributed by atoms with Gasteiger partial charge in [-0.2, -0.15) is 0 Å². The van der Waals surface area contributed by atoms with E-state index in [1.165, 1.54) is 7.11 Å². The number of rotatable bonds is 13. The molecule has 2 bridgehead atoms. The van der Waals surface area contributed by atoms with E-state index in [1.54, 1.807) is 33.9 Å². The average molecular weight is 893 g/mol. The van der Waals surface area contributed by atoms with Crippen molar-refractivity contribution >= 4 is 17.8 Å². The predicted molar refractivity (Wildman–Crippen MR) is 231 cm³/mol. The molecule has 1 amide bonds. The molecule has 0 spiro atoms. The van der Waals surface area contributed by atoms with Gasteiger partial charge in [0.15, 0.2) is 30.1 Å². The van der Waals surface area contributed by atoms with Gasteiger partial charge in [0.25, 0.3) is 0 Å². The minimum Gasteiger partial charge on any atom is -0.459 e. The Labute approximate surface area is 373 Å². The normalized spacial score (nSPS) is 42.8. The molecule has 4 saturated heterocycles. The van der Waals surface area contributed by atoms with Crippen LogP contribution >= 0.6 is 0 Å². The summed E-state index contributed by atoms with van der Waals surface area (Å²) < 4.78 is 51.2. The molecule has 4 fully saturated rings. The molecule has 18 atom stereocenters. The number of ketones is 1. The van der Waals surface area contributed by atoms with Crippen molar-refractivity contribution in [2.75, 3.05) is 34.3 Å². The number of carbonyl (C=O) groups is 3. The second-order valence-electron chi connectivity index (χ2n) is 19.3. The molecule has 0 saturated carbocycles. The van der Waals surface area contributed by atoms with Crippen LogP contribution < -0.4 is 10.6 Å². The van der Waals surface area contributed by atoms with Crippen LogP contribution in [0.15, 0.2) is 24.4 Å². The van der Waals surface area contributed by atoms with E-state index in [-0.39, 0.29) is 36.7 Å². The fourth-order valence-electron chi connectivity index (χ4n) is 10.4. The number of aliphatic hydroxyl groups is 2. The third-order valence-corrected chi connectivity index (χ3v) is 13.9. The number of likely N-dealkylation sites (N-methyl/N-ethyl adjacent to an activating group) is 1. The first-order valence-electron chi connectivity index (χ1n) is 22.8. The van der Waals surface area contributed by atoms with Crippen LogP contribution in [0.4, 0.5) is 4.79 Å². The van der Waals surface area contributed by atoms with Crippen molar-refractivity contribution in [1.29, 1.82) is 0 Å². The number of hydrogen-bond acceptors (Lipinski definition) is 16. The van der Waals surface area contributed by atoms with Gasteiger partial charge < -0.3 is 63.6 Å². The van der Waals surface area contributed by atoms with Crippen LogP contribution in [0.3, 0.4) is 0 Å². The molecule has 4 aliphatic heterocycles. The van der Waals surface area contributed by atoms with Gasteiger partial charge >= 0.3 is 12.1 Å². The lowest BCUT2D eigenvalue weighted by molar-refractivity contribution is -0.317. The number of ether oxygens (including phenoxy) is 8. The van der Waals surface area contributed by atoms with Crippen LogP contribution in [-0.4, -0.2) is 156 Å². The smallest absolute Gasteiger partial charge is 0.407 e. The molecule has 17 heteroatoms. The van der Waals surface area contributed by atoms with E-state index in [0.29, 0.717) is 32.5 Å². The highest BCUT2D eigenvalue weighted by molar-refractivity contribution is 5.92. The molecule has 4 aliphatic rings. The standard InChI is InChI=1S/C46H76N4O13/c1-14-33-46(10)38(52)27(4)36(63-46)25(2)22-44(8,55)39(61-42-35(51)32(50(11)12)21-26(3)57-42)28(5)37(29(6)41(53)59-33)60-34-23-45(9,56-13)40(30(7)58-34)62-43(54)49-20-19-47-24-31-17-15-16-18-48-31/h15-18,25-30,32-37,39-40,42,47,51,55H,14,19-24H2,1-13H3,(H,49,54)/t25-,26-,27-,28+,29-,30+,32+,33+,34+,35-,36-,37+,39-,40?,42+,44+,45-,46-/m1/s1. The molecule has 17 nitrogen and oxygen atoms in total. The van der Waals surface area contributed by atoms with E-state index in [1.807, 2.05) is 78.7 Å². The number of nitrogens with one attached hydrogen (secondary N) is 2. The lowest BCUT2D eigenvalue weighted by Crippen LogP contribution is -2.61. The molecule has 4 N–H and O–H groups in total. The molecular formula is C46H76N4O13. The number of pyridine rings is 1. The summed E-state index contributed by atoms with van der Waals surface area (Å²) in [4.78, 5) is 47.8. The second-order valence-corrected chi connectivity index (χ2v) is 19.3. The summed E-state index contributed by atoms with van der Waals surface area (Å²) >= 11 is 0. The SMILES string of the molecule is CC[C@@H]1OC(=O)[C@H](C)[C@@H](O[C@H]2C[C@@](C)(OC)C(OC(=O)NCCNCc3ccccn3)[C@H](C)O2)[C@H](C)[C@@H](O[C@@H]2O[C@H](C)C[C@H](N(C)C)[C@H]2O)[C@@](C)(O)C[C@@H](C)[C@H]2O[C@@]1(C)C(=O)[C@@H]2C. The number of alkyl carbamates (subject to hydrolysis) is 1. The molecule has 358 valence electrons. The lowest BCUT2D eigenvalue weighted by Gasteiger charge is -2.49. The van der Waals surface area contributed by atoms with Gasteiger partial charge in [0.2, 0.25) is 0 Å². The first kappa shape index (κ1) is 51.1. The number of aromatic nitrogens is 1. The number of carbonyl (C=O) groups excluding carboxylic acids is 3. The lowest BCUT2D eigenvalue weighted by atomic mass is 9.75. The van der Waals surface area contributed by atoms with E-state index >= 15 is 0 Å². The van der Waals surface area contributed by atoms with Crippen LogP contribution in [0.25, 0.3) is 0 Å². The molecule has 1 unspecified atom stereocenters. The Bertz CT molecular complexity index is 1670. The molecule has 0 radical (unpaired) electrons. The highest BCUT2D eigenvalue weighted by atomic mass is 16.7. The van der Waals surface area contributed by atoms with Gasteiger partial charge in [0.1, 0.15) is 17.8 Å². The average Bonchev–Trinajstić information content (AvgIpc) is 3.47. The largest absolute Gasteiger partial charge is 0.459 e. The summed E-state index contributed by atoms with van der Waals surface area (Å²) in [5.74, 6) is -3.49. The highest BCUT2D eigenvalue weighted by Gasteiger charge is 2.59. The van der Waals surface area contributed by atoms with E-state index < -0.39 is 102 Å². The van der Waals surface area contributed by atoms with E-state index in [4.69, 9.17) is 37.9 Å². The number of cyclic esters (lactones) is 1. The predicted octanol–water partition coefficient (Wildman–Crippen LogP) is 3.75. The molecule has 63 heavy (non-hydrogen) atoms. The molecule has 1 aromatic heterocycles. The fourth-order valence-corrected chi connectivity index (χ4v) is 10.4. The second kappa shape index (κ2) is 21.2. The molecule has 5 heterocycles. The Hall–Kier alpha value is -2.84. The number of aliphatic hydroxyl groups excluding tert-OH is 1. The maximum atomic E-state index is 14.5. The first-order valence-corrected chi connectivity index (χ1v) is 22.8. The minimum absolute atomic E-state index is 0.0887. The van der Waals surface area contributed by atoms with Crippen molar-refractivity contribution in [3.05, 3.63) is 30.1 Å². The summed E-state index contributed by atoms with van der Waals surface area (Å²) in [7, 11) is 5.28. The zero-order chi connectivity index (χ0) is 46.6. The van der Waals surface area contributed by atoms with Gasteiger partial charge in [-0.3, -0.25) is 14.6 Å².